The maximum Gasteiger partial charge on any atom is 0.169 e. The minimum atomic E-state index is 0.162. The lowest BCUT2D eigenvalue weighted by molar-refractivity contribution is 0.111. The van der Waals surface area contributed by atoms with Crippen LogP contribution in [0, 0.1) is 16.7 Å². The molecule has 0 saturated heterocycles. The van der Waals surface area contributed by atoms with Crippen LogP contribution in [0.5, 0.6) is 0 Å². The van der Waals surface area contributed by atoms with Crippen LogP contribution in [0.2, 0.25) is 0 Å². The van der Waals surface area contributed by atoms with Crippen molar-refractivity contribution < 1.29 is 4.79 Å². The Balaban J connectivity index is 2.04. The highest BCUT2D eigenvalue weighted by Gasteiger charge is 2.42. The van der Waals surface area contributed by atoms with E-state index in [0.29, 0.717) is 12.1 Å². The van der Waals surface area contributed by atoms with E-state index in [9.17, 15) is 4.79 Å². The number of aldehydes is 1. The number of hydrogen-bond donors (Lipinski definition) is 0. The van der Waals surface area contributed by atoms with Crippen LogP contribution in [-0.4, -0.2) is 15.8 Å². The summed E-state index contributed by atoms with van der Waals surface area (Å²) in [6.07, 6.45) is 6.93. The summed E-state index contributed by atoms with van der Waals surface area (Å²) in [7, 11) is 0. The van der Waals surface area contributed by atoms with Crippen LogP contribution in [0.25, 0.3) is 0 Å². The van der Waals surface area contributed by atoms with Gasteiger partial charge in [-0.2, -0.15) is 5.26 Å². The Morgan fingerprint density at radius 2 is 2.50 bits per heavy atom. The molecule has 0 bridgehead atoms. The third-order valence-corrected chi connectivity index (χ3v) is 2.70. The van der Waals surface area contributed by atoms with E-state index in [0.717, 1.165) is 25.7 Å². The Morgan fingerprint density at radius 1 is 1.71 bits per heavy atom. The molecule has 0 atom stereocenters. The van der Waals surface area contributed by atoms with Gasteiger partial charge in [-0.05, 0) is 12.8 Å². The first-order valence-corrected chi connectivity index (χ1v) is 4.62. The zero-order chi connectivity index (χ0) is 10.0. The summed E-state index contributed by atoms with van der Waals surface area (Å²) in [6, 6.07) is 2.21. The van der Waals surface area contributed by atoms with Gasteiger partial charge in [-0.25, -0.2) is 4.98 Å². The number of nitriles is 1. The summed E-state index contributed by atoms with van der Waals surface area (Å²) >= 11 is 0. The van der Waals surface area contributed by atoms with Gasteiger partial charge in [0.1, 0.15) is 5.69 Å². The van der Waals surface area contributed by atoms with Crippen molar-refractivity contribution in [3.05, 3.63) is 18.2 Å². The van der Waals surface area contributed by atoms with Crippen molar-refractivity contribution in [1.29, 1.82) is 5.26 Å². The van der Waals surface area contributed by atoms with Crippen LogP contribution >= 0.6 is 0 Å². The maximum absolute atomic E-state index is 10.4. The van der Waals surface area contributed by atoms with Gasteiger partial charge in [-0.3, -0.25) is 4.79 Å². The predicted molar refractivity (Wildman–Crippen MR) is 49.5 cm³/mol. The molecule has 1 aliphatic rings. The lowest BCUT2D eigenvalue weighted by Gasteiger charge is -2.10. The van der Waals surface area contributed by atoms with Crippen molar-refractivity contribution in [1.82, 2.24) is 9.55 Å². The number of aromatic nitrogens is 2. The number of carbonyl (C=O) groups excluding carboxylic acids is 1. The van der Waals surface area contributed by atoms with Gasteiger partial charge in [0.05, 0.1) is 12.4 Å². The lowest BCUT2D eigenvalue weighted by Crippen LogP contribution is -2.09. The van der Waals surface area contributed by atoms with Gasteiger partial charge in [0.2, 0.25) is 0 Å². The van der Waals surface area contributed by atoms with Crippen molar-refractivity contribution >= 4 is 6.29 Å². The van der Waals surface area contributed by atoms with Crippen molar-refractivity contribution in [3.8, 4) is 6.07 Å². The summed E-state index contributed by atoms with van der Waals surface area (Å²) in [5.41, 5.74) is 0.619. The smallest absolute Gasteiger partial charge is 0.169 e. The molecule has 0 aliphatic heterocycles. The lowest BCUT2D eigenvalue weighted by atomic mass is 10.0. The van der Waals surface area contributed by atoms with Gasteiger partial charge in [0.15, 0.2) is 6.29 Å². The third kappa shape index (κ3) is 1.67. The van der Waals surface area contributed by atoms with E-state index < -0.39 is 0 Å². The second kappa shape index (κ2) is 3.26. The zero-order valence-electron chi connectivity index (χ0n) is 7.81. The van der Waals surface area contributed by atoms with Crippen LogP contribution in [0.3, 0.4) is 0 Å². The van der Waals surface area contributed by atoms with E-state index in [1.165, 1.54) is 0 Å². The largest absolute Gasteiger partial charge is 0.336 e. The highest BCUT2D eigenvalue weighted by atomic mass is 16.1. The van der Waals surface area contributed by atoms with Gasteiger partial charge in [0.25, 0.3) is 0 Å². The molecule has 1 aliphatic carbocycles. The monoisotopic (exact) mass is 189 g/mol. The molecule has 1 fully saturated rings. The Labute approximate surface area is 82.2 Å². The Kier molecular flexibility index (Phi) is 2.08. The number of hydrogen-bond acceptors (Lipinski definition) is 3. The third-order valence-electron chi connectivity index (χ3n) is 2.70. The number of nitrogens with zero attached hydrogens (tertiary/aromatic N) is 3. The van der Waals surface area contributed by atoms with Gasteiger partial charge < -0.3 is 4.57 Å². The SMILES string of the molecule is N#CCC1(Cn2cnc(C=O)c2)CC1. The zero-order valence-corrected chi connectivity index (χ0v) is 7.81. The van der Waals surface area contributed by atoms with Crippen LogP contribution < -0.4 is 0 Å². The topological polar surface area (TPSA) is 58.7 Å². The molecule has 0 radical (unpaired) electrons. The molecule has 4 nitrogen and oxygen atoms in total. The molecular weight excluding hydrogens is 178 g/mol. The van der Waals surface area contributed by atoms with E-state index in [-0.39, 0.29) is 5.41 Å². The van der Waals surface area contributed by atoms with Crippen molar-refractivity contribution in [2.75, 3.05) is 0 Å². The summed E-state index contributed by atoms with van der Waals surface area (Å²) in [4.78, 5) is 14.3. The quantitative estimate of drug-likeness (QED) is 0.672. The van der Waals surface area contributed by atoms with Crippen LogP contribution in [0.4, 0.5) is 0 Å². The Morgan fingerprint density at radius 3 is 3.00 bits per heavy atom. The minimum Gasteiger partial charge on any atom is -0.336 e. The molecule has 72 valence electrons. The Hall–Kier alpha value is -1.63. The number of carbonyl (C=O) groups is 1. The molecule has 1 aromatic heterocycles. The highest BCUT2D eigenvalue weighted by Crippen LogP contribution is 2.49. The Bertz CT molecular complexity index is 384. The minimum absolute atomic E-state index is 0.162. The predicted octanol–water partition coefficient (Wildman–Crippen LogP) is 1.39. The molecule has 1 heterocycles. The van der Waals surface area contributed by atoms with E-state index in [4.69, 9.17) is 5.26 Å². The van der Waals surface area contributed by atoms with Crippen LogP contribution in [-0.2, 0) is 6.54 Å². The fourth-order valence-electron chi connectivity index (χ4n) is 1.65. The summed E-state index contributed by atoms with van der Waals surface area (Å²) in [6.45, 7) is 0.807. The summed E-state index contributed by atoms with van der Waals surface area (Å²) in [5, 5.41) is 8.64. The van der Waals surface area contributed by atoms with Gasteiger partial charge >= 0.3 is 0 Å². The first kappa shape index (κ1) is 8.95. The normalized spacial score (nSPS) is 17.4. The second-order valence-electron chi connectivity index (χ2n) is 3.92. The molecule has 0 aromatic carbocycles. The van der Waals surface area contributed by atoms with Gasteiger partial charge in [-0.1, -0.05) is 0 Å². The van der Waals surface area contributed by atoms with E-state index in [2.05, 4.69) is 11.1 Å². The molecule has 2 rings (SSSR count). The average Bonchev–Trinajstić information content (AvgIpc) is 2.78. The maximum atomic E-state index is 10.4. The molecule has 1 saturated carbocycles. The van der Waals surface area contributed by atoms with Gasteiger partial charge in [0, 0.05) is 24.6 Å². The van der Waals surface area contributed by atoms with Crippen LogP contribution in [0.15, 0.2) is 12.5 Å². The first-order valence-electron chi connectivity index (χ1n) is 4.62. The van der Waals surface area contributed by atoms with Crippen molar-refractivity contribution in [3.63, 3.8) is 0 Å². The second-order valence-corrected chi connectivity index (χ2v) is 3.92. The van der Waals surface area contributed by atoms with Crippen LogP contribution in [0.1, 0.15) is 29.8 Å². The molecule has 4 heteroatoms. The average molecular weight is 189 g/mol. The van der Waals surface area contributed by atoms with Gasteiger partial charge in [-0.15, -0.1) is 0 Å². The molecule has 0 N–H and O–H groups in total. The number of rotatable bonds is 4. The summed E-state index contributed by atoms with van der Waals surface area (Å²) < 4.78 is 1.90. The molecule has 14 heavy (non-hydrogen) atoms. The number of imidazole rings is 1. The van der Waals surface area contributed by atoms with E-state index >= 15 is 0 Å². The molecule has 1 aromatic rings. The first-order chi connectivity index (χ1) is 6.78. The fraction of sp³-hybridized carbons (Fsp3) is 0.500. The molecule has 0 unspecified atom stereocenters. The molecule has 0 spiro atoms. The standard InChI is InChI=1S/C10H11N3O/c11-4-3-10(1-2-10)7-13-5-9(6-14)12-8-13/h5-6,8H,1-3,7H2. The van der Waals surface area contributed by atoms with E-state index in [1.807, 2.05) is 4.57 Å². The van der Waals surface area contributed by atoms with Crippen molar-refractivity contribution in [2.24, 2.45) is 5.41 Å². The molecular formula is C10H11N3O. The van der Waals surface area contributed by atoms with Crippen molar-refractivity contribution in [2.45, 2.75) is 25.8 Å². The fourth-order valence-corrected chi connectivity index (χ4v) is 1.65. The molecule has 0 amide bonds. The highest BCUT2D eigenvalue weighted by molar-refractivity contribution is 5.70. The summed E-state index contributed by atoms with van der Waals surface area (Å²) in [5.74, 6) is 0. The van der Waals surface area contributed by atoms with E-state index in [1.54, 1.807) is 12.5 Å².